The maximum absolute atomic E-state index is 13.5. The molecule has 172 valence electrons. The number of halogens is 4. The van der Waals surface area contributed by atoms with Crippen molar-refractivity contribution < 1.29 is 17.7 Å². The minimum absolute atomic E-state index is 0.0353. The molecule has 4 N–H and O–H groups in total. The molecule has 12 heteroatoms. The van der Waals surface area contributed by atoms with E-state index in [1.165, 1.54) is 12.1 Å². The lowest BCUT2D eigenvalue weighted by Crippen LogP contribution is -2.50. The Hall–Kier alpha value is -2.50. The number of benzene rings is 1. The van der Waals surface area contributed by atoms with Gasteiger partial charge in [0, 0.05) is 37.0 Å². The maximum Gasteiger partial charge on any atom is 0.416 e. The zero-order valence-corrected chi connectivity index (χ0v) is 17.9. The van der Waals surface area contributed by atoms with Crippen molar-refractivity contribution in [2.45, 2.75) is 37.5 Å². The molecule has 2 aromatic rings. The van der Waals surface area contributed by atoms with Crippen LogP contribution >= 0.6 is 11.6 Å². The first-order valence-corrected chi connectivity index (χ1v) is 10.6. The monoisotopic (exact) mass is 469 g/mol. The van der Waals surface area contributed by atoms with Crippen LogP contribution in [0.25, 0.3) is 0 Å². The lowest BCUT2D eigenvalue weighted by atomic mass is 10.0. The van der Waals surface area contributed by atoms with Crippen LogP contribution in [0.15, 0.2) is 27.7 Å². The normalized spacial score (nSPS) is 22.2. The van der Waals surface area contributed by atoms with Crippen molar-refractivity contribution >= 4 is 23.1 Å². The van der Waals surface area contributed by atoms with Crippen molar-refractivity contribution in [2.75, 3.05) is 26.2 Å². The molecule has 1 aromatic heterocycles. The summed E-state index contributed by atoms with van der Waals surface area (Å²) in [6, 6.07) is 2.95. The summed E-state index contributed by atoms with van der Waals surface area (Å²) in [6.07, 6.45) is -3.53. The van der Waals surface area contributed by atoms with E-state index in [2.05, 4.69) is 20.4 Å². The number of amidine groups is 1. The number of aliphatic imine (C=N–C) groups is 1. The van der Waals surface area contributed by atoms with E-state index in [0.717, 1.165) is 25.6 Å². The second-order valence-corrected chi connectivity index (χ2v) is 8.36. The Bertz CT molecular complexity index is 1020. The van der Waals surface area contributed by atoms with Gasteiger partial charge in [-0.2, -0.15) is 18.2 Å². The number of nitrogens with one attached hydrogen (secondary N) is 2. The van der Waals surface area contributed by atoms with E-state index >= 15 is 0 Å². The van der Waals surface area contributed by atoms with Crippen molar-refractivity contribution in [1.29, 1.82) is 5.41 Å². The van der Waals surface area contributed by atoms with E-state index in [4.69, 9.17) is 27.3 Å². The van der Waals surface area contributed by atoms with Crippen LogP contribution in [0.5, 0.6) is 0 Å². The van der Waals surface area contributed by atoms with Gasteiger partial charge in [0.1, 0.15) is 5.84 Å². The average Bonchev–Trinajstić information content (AvgIpc) is 3.41. The predicted octanol–water partition coefficient (Wildman–Crippen LogP) is 2.82. The van der Waals surface area contributed by atoms with E-state index in [-0.39, 0.29) is 46.9 Å². The fourth-order valence-electron chi connectivity index (χ4n) is 4.05. The van der Waals surface area contributed by atoms with Gasteiger partial charge in [0.25, 0.3) is 5.89 Å². The van der Waals surface area contributed by atoms with Gasteiger partial charge in [0.05, 0.1) is 23.9 Å². The molecule has 2 aliphatic rings. The maximum atomic E-state index is 13.5. The van der Waals surface area contributed by atoms with Crippen LogP contribution < -0.4 is 11.1 Å². The van der Waals surface area contributed by atoms with Crippen molar-refractivity contribution in [3.8, 4) is 0 Å². The van der Waals surface area contributed by atoms with Gasteiger partial charge in [-0.1, -0.05) is 16.8 Å². The lowest BCUT2D eigenvalue weighted by molar-refractivity contribution is -0.138. The number of rotatable bonds is 6. The molecule has 32 heavy (non-hydrogen) atoms. The number of nitrogens with zero attached hydrogens (tertiary/aromatic N) is 4. The molecule has 2 unspecified atom stereocenters. The summed E-state index contributed by atoms with van der Waals surface area (Å²) >= 11 is 5.97. The van der Waals surface area contributed by atoms with E-state index in [9.17, 15) is 13.2 Å². The van der Waals surface area contributed by atoms with Crippen molar-refractivity contribution in [3.63, 3.8) is 0 Å². The van der Waals surface area contributed by atoms with Gasteiger partial charge in [-0.05, 0) is 36.7 Å². The molecule has 1 aromatic carbocycles. The third kappa shape index (κ3) is 4.94. The molecule has 0 amide bonds. The van der Waals surface area contributed by atoms with E-state index in [0.29, 0.717) is 18.9 Å². The highest BCUT2D eigenvalue weighted by molar-refractivity contribution is 6.30. The van der Waals surface area contributed by atoms with E-state index < -0.39 is 17.8 Å². The Morgan fingerprint density at radius 2 is 2.19 bits per heavy atom. The van der Waals surface area contributed by atoms with Crippen LogP contribution in [0.3, 0.4) is 0 Å². The molecule has 8 nitrogen and oxygen atoms in total. The van der Waals surface area contributed by atoms with Gasteiger partial charge in [0.2, 0.25) is 0 Å². The van der Waals surface area contributed by atoms with Gasteiger partial charge in [-0.3, -0.25) is 15.3 Å². The molecule has 2 atom stereocenters. The topological polar surface area (TPSA) is 116 Å². The minimum Gasteiger partial charge on any atom is -0.386 e. The Kier molecular flexibility index (Phi) is 6.50. The molecular weight excluding hydrogens is 447 g/mol. The van der Waals surface area contributed by atoms with Crippen LogP contribution in [0.1, 0.15) is 41.6 Å². The van der Waals surface area contributed by atoms with Gasteiger partial charge >= 0.3 is 6.18 Å². The highest BCUT2D eigenvalue weighted by Crippen LogP contribution is 2.34. The third-order valence-electron chi connectivity index (χ3n) is 5.73. The molecule has 1 saturated heterocycles. The number of nitrogens with two attached hydrogens (primary N) is 1. The summed E-state index contributed by atoms with van der Waals surface area (Å²) in [5.74, 6) is 1.03. The lowest BCUT2D eigenvalue weighted by Gasteiger charge is -2.34. The largest absolute Gasteiger partial charge is 0.416 e. The highest BCUT2D eigenvalue weighted by Gasteiger charge is 2.35. The van der Waals surface area contributed by atoms with Crippen molar-refractivity contribution in [2.24, 2.45) is 10.7 Å². The molecular formula is C20H23ClF3N7O. The standard InChI is InChI=1S/C20H23ClF3N7O/c21-13-1-2-14(20(22,23)24)12(7-13)10-31-6-5-28-17(26)16(31)8-15(25)19-29-18(30-32-19)11-3-4-27-9-11/h1-2,7,11,16,25,27H,3-6,8-10H2,(H2,26,28). The first kappa shape index (κ1) is 22.7. The van der Waals surface area contributed by atoms with Crippen molar-refractivity contribution in [1.82, 2.24) is 20.4 Å². The van der Waals surface area contributed by atoms with Crippen LogP contribution in [0, 0.1) is 5.41 Å². The van der Waals surface area contributed by atoms with E-state index in [1.807, 2.05) is 0 Å². The average molecular weight is 470 g/mol. The van der Waals surface area contributed by atoms with Gasteiger partial charge in [-0.15, -0.1) is 0 Å². The molecule has 0 aliphatic carbocycles. The van der Waals surface area contributed by atoms with Crippen LogP contribution in [0.2, 0.25) is 5.02 Å². The van der Waals surface area contributed by atoms with E-state index in [1.54, 1.807) is 4.90 Å². The zero-order valence-electron chi connectivity index (χ0n) is 17.1. The smallest absolute Gasteiger partial charge is 0.386 e. The zero-order chi connectivity index (χ0) is 22.9. The second kappa shape index (κ2) is 9.16. The molecule has 4 rings (SSSR count). The molecule has 0 saturated carbocycles. The van der Waals surface area contributed by atoms with Gasteiger partial charge in [0.15, 0.2) is 5.82 Å². The Morgan fingerprint density at radius 1 is 1.38 bits per heavy atom. The van der Waals surface area contributed by atoms with Crippen LogP contribution in [0.4, 0.5) is 13.2 Å². The van der Waals surface area contributed by atoms with Crippen molar-refractivity contribution in [3.05, 3.63) is 46.1 Å². The number of hydrogen-bond acceptors (Lipinski definition) is 8. The number of aromatic nitrogens is 2. The molecule has 1 fully saturated rings. The molecule has 0 radical (unpaired) electrons. The highest BCUT2D eigenvalue weighted by atomic mass is 35.5. The summed E-state index contributed by atoms with van der Waals surface area (Å²) in [6.45, 7) is 2.34. The summed E-state index contributed by atoms with van der Waals surface area (Å²) in [5.41, 5.74) is 5.46. The third-order valence-corrected chi connectivity index (χ3v) is 5.97. The summed E-state index contributed by atoms with van der Waals surface area (Å²) in [5, 5.41) is 15.9. The number of alkyl halides is 3. The quantitative estimate of drug-likeness (QED) is 0.560. The first-order valence-electron chi connectivity index (χ1n) is 10.2. The fourth-order valence-corrected chi connectivity index (χ4v) is 4.24. The molecule has 3 heterocycles. The van der Waals surface area contributed by atoms with Gasteiger partial charge in [-0.25, -0.2) is 0 Å². The Morgan fingerprint density at radius 3 is 2.91 bits per heavy atom. The minimum atomic E-state index is -4.51. The summed E-state index contributed by atoms with van der Waals surface area (Å²) in [7, 11) is 0. The Labute approximate surface area is 187 Å². The summed E-state index contributed by atoms with van der Waals surface area (Å²) < 4.78 is 45.8. The summed E-state index contributed by atoms with van der Waals surface area (Å²) in [4.78, 5) is 10.4. The first-order chi connectivity index (χ1) is 15.2. The molecule has 0 bridgehead atoms. The molecule has 2 aliphatic heterocycles. The Balaban J connectivity index is 1.52. The number of hydrogen-bond donors (Lipinski definition) is 3. The van der Waals surface area contributed by atoms with Crippen LogP contribution in [-0.2, 0) is 12.7 Å². The van der Waals surface area contributed by atoms with Crippen LogP contribution in [-0.4, -0.2) is 58.8 Å². The van der Waals surface area contributed by atoms with Gasteiger partial charge < -0.3 is 15.6 Å². The predicted molar refractivity (Wildman–Crippen MR) is 113 cm³/mol. The fraction of sp³-hybridized carbons (Fsp3) is 0.500. The molecule has 0 spiro atoms. The second-order valence-electron chi connectivity index (χ2n) is 7.92. The SMILES string of the molecule is N=C(CC1C(N)=NCCN1Cc1cc(Cl)ccc1C(F)(F)F)c1nc(C2CCNC2)no1.